The summed E-state index contributed by atoms with van der Waals surface area (Å²) in [5, 5.41) is 3.35. The third-order valence-corrected chi connectivity index (χ3v) is 7.66. The molecule has 1 unspecified atom stereocenters. The van der Waals surface area contributed by atoms with E-state index in [0.29, 0.717) is 24.4 Å². The SMILES string of the molecule is CCC(C)(C)C1CC(=O)N(CCC(=O)NCCC(C)(C)OCCC(C)(C)C(=O)ON2C(=O)CCC2=O)C1=O. The monoisotopic (exact) mass is 537 g/mol. The maximum Gasteiger partial charge on any atom is 0.338 e. The van der Waals surface area contributed by atoms with Crippen molar-refractivity contribution in [1.82, 2.24) is 15.3 Å². The molecule has 2 fully saturated rings. The molecule has 11 nitrogen and oxygen atoms in total. The molecule has 11 heteroatoms. The fraction of sp³-hybridized carbons (Fsp3) is 0.778. The zero-order valence-corrected chi connectivity index (χ0v) is 23.8. The minimum atomic E-state index is -0.983. The van der Waals surface area contributed by atoms with Crippen LogP contribution in [0.3, 0.4) is 0 Å². The van der Waals surface area contributed by atoms with Gasteiger partial charge in [0.25, 0.3) is 11.8 Å². The van der Waals surface area contributed by atoms with Crippen LogP contribution in [0.1, 0.15) is 93.4 Å². The normalized spacial score (nSPS) is 19.0. The van der Waals surface area contributed by atoms with Gasteiger partial charge in [-0.1, -0.05) is 27.2 Å². The second-order valence-corrected chi connectivity index (χ2v) is 12.0. The molecule has 0 aromatic carbocycles. The molecule has 38 heavy (non-hydrogen) atoms. The Balaban J connectivity index is 1.70. The highest BCUT2D eigenvalue weighted by molar-refractivity contribution is 6.04. The second-order valence-electron chi connectivity index (χ2n) is 12.0. The van der Waals surface area contributed by atoms with E-state index in [-0.39, 0.29) is 67.9 Å². The highest BCUT2D eigenvalue weighted by atomic mass is 16.7. The first-order valence-electron chi connectivity index (χ1n) is 13.3. The van der Waals surface area contributed by atoms with Crippen molar-refractivity contribution in [3.8, 4) is 0 Å². The van der Waals surface area contributed by atoms with Crippen LogP contribution in [0.25, 0.3) is 0 Å². The summed E-state index contributed by atoms with van der Waals surface area (Å²) in [6.45, 7) is 13.6. The summed E-state index contributed by atoms with van der Waals surface area (Å²) in [7, 11) is 0. The van der Waals surface area contributed by atoms with Crippen molar-refractivity contribution < 1.29 is 38.3 Å². The van der Waals surface area contributed by atoms with Gasteiger partial charge in [0.15, 0.2) is 0 Å². The summed E-state index contributed by atoms with van der Waals surface area (Å²) in [6.07, 6.45) is 1.87. The third kappa shape index (κ3) is 8.09. The van der Waals surface area contributed by atoms with E-state index in [2.05, 4.69) is 5.32 Å². The fourth-order valence-corrected chi connectivity index (χ4v) is 4.20. The number of nitrogens with one attached hydrogen (secondary N) is 1. The van der Waals surface area contributed by atoms with Gasteiger partial charge >= 0.3 is 5.97 Å². The molecule has 5 amide bonds. The standard InChI is InChI=1S/C27H43N3O8/c1-8-25(2,3)18-17-22(34)29(23(18)35)15-11-19(31)28-14-12-27(6,7)37-16-13-26(4,5)24(36)38-30-20(32)9-10-21(30)33/h18H,8-17H2,1-7H3,(H,28,31). The Labute approximate surface area is 224 Å². The second kappa shape index (κ2) is 12.4. The number of imide groups is 2. The lowest BCUT2D eigenvalue weighted by Crippen LogP contribution is -2.39. The Morgan fingerprint density at radius 3 is 2.13 bits per heavy atom. The Morgan fingerprint density at radius 1 is 0.947 bits per heavy atom. The van der Waals surface area contributed by atoms with Crippen molar-refractivity contribution in [3.63, 3.8) is 0 Å². The minimum Gasteiger partial charge on any atom is -0.375 e. The van der Waals surface area contributed by atoms with E-state index in [4.69, 9.17) is 9.57 Å². The summed E-state index contributed by atoms with van der Waals surface area (Å²) in [6, 6.07) is 0. The topological polar surface area (TPSA) is 139 Å². The van der Waals surface area contributed by atoms with Crippen LogP contribution in [0.4, 0.5) is 0 Å². The summed E-state index contributed by atoms with van der Waals surface area (Å²) in [5.41, 5.74) is -1.85. The van der Waals surface area contributed by atoms with Gasteiger partial charge in [0.1, 0.15) is 0 Å². The molecule has 2 aliphatic heterocycles. The predicted octanol–water partition coefficient (Wildman–Crippen LogP) is 2.51. The van der Waals surface area contributed by atoms with E-state index in [1.54, 1.807) is 13.8 Å². The third-order valence-electron chi connectivity index (χ3n) is 7.66. The number of amides is 5. The quantitative estimate of drug-likeness (QED) is 0.334. The molecule has 2 aliphatic rings. The van der Waals surface area contributed by atoms with E-state index in [9.17, 15) is 28.8 Å². The number of carbonyl (C=O) groups excluding carboxylic acids is 6. The fourth-order valence-electron chi connectivity index (χ4n) is 4.20. The largest absolute Gasteiger partial charge is 0.375 e. The molecule has 214 valence electrons. The van der Waals surface area contributed by atoms with Crippen LogP contribution in [0.5, 0.6) is 0 Å². The van der Waals surface area contributed by atoms with Crippen LogP contribution in [-0.4, -0.2) is 70.8 Å². The maximum atomic E-state index is 12.7. The number of ether oxygens (including phenoxy) is 1. The molecular formula is C27H43N3O8. The van der Waals surface area contributed by atoms with E-state index in [1.807, 2.05) is 34.6 Å². The van der Waals surface area contributed by atoms with Crippen LogP contribution in [0.2, 0.25) is 0 Å². The van der Waals surface area contributed by atoms with Gasteiger partial charge in [-0.05, 0) is 46.0 Å². The summed E-state index contributed by atoms with van der Waals surface area (Å²) in [5.74, 6) is -2.77. The average Bonchev–Trinajstić information content (AvgIpc) is 3.29. The van der Waals surface area contributed by atoms with E-state index in [0.717, 1.165) is 6.42 Å². The van der Waals surface area contributed by atoms with Crippen molar-refractivity contribution >= 4 is 35.5 Å². The number of hydrogen-bond donors (Lipinski definition) is 1. The van der Waals surface area contributed by atoms with Gasteiger partial charge in [-0.2, -0.15) is 0 Å². The molecule has 0 aromatic heterocycles. The van der Waals surface area contributed by atoms with Crippen molar-refractivity contribution in [3.05, 3.63) is 0 Å². The van der Waals surface area contributed by atoms with E-state index in [1.165, 1.54) is 4.90 Å². The predicted molar refractivity (Wildman–Crippen MR) is 137 cm³/mol. The smallest absolute Gasteiger partial charge is 0.338 e. The van der Waals surface area contributed by atoms with Gasteiger partial charge in [-0.3, -0.25) is 28.9 Å². The molecule has 0 saturated carbocycles. The highest BCUT2D eigenvalue weighted by Crippen LogP contribution is 2.38. The number of rotatable bonds is 14. The van der Waals surface area contributed by atoms with Crippen molar-refractivity contribution in [2.75, 3.05) is 19.7 Å². The molecule has 2 rings (SSSR count). The van der Waals surface area contributed by atoms with Crippen LogP contribution >= 0.6 is 0 Å². The van der Waals surface area contributed by atoms with Gasteiger partial charge < -0.3 is 14.9 Å². The molecule has 0 radical (unpaired) electrons. The van der Waals surface area contributed by atoms with E-state index >= 15 is 0 Å². The molecule has 0 bridgehead atoms. The molecule has 0 aliphatic carbocycles. The Kier molecular flexibility index (Phi) is 10.2. The molecule has 0 spiro atoms. The molecule has 1 atom stereocenters. The van der Waals surface area contributed by atoms with Crippen molar-refractivity contribution in [2.45, 2.75) is 99.0 Å². The number of carbonyl (C=O) groups is 6. The van der Waals surface area contributed by atoms with E-state index < -0.39 is 28.8 Å². The zero-order chi connectivity index (χ0) is 28.9. The van der Waals surface area contributed by atoms with Crippen LogP contribution in [-0.2, 0) is 38.3 Å². The lowest BCUT2D eigenvalue weighted by atomic mass is 9.76. The number of likely N-dealkylation sites (tertiary alicyclic amines) is 1. The van der Waals surface area contributed by atoms with Gasteiger partial charge in [0.05, 0.1) is 16.9 Å². The summed E-state index contributed by atoms with van der Waals surface area (Å²) >= 11 is 0. The van der Waals surface area contributed by atoms with Gasteiger partial charge in [0, 0.05) is 45.4 Å². The van der Waals surface area contributed by atoms with Crippen molar-refractivity contribution in [2.24, 2.45) is 16.7 Å². The van der Waals surface area contributed by atoms with Crippen molar-refractivity contribution in [1.29, 1.82) is 0 Å². The first-order chi connectivity index (χ1) is 17.5. The van der Waals surface area contributed by atoms with Gasteiger partial charge in [-0.25, -0.2) is 4.79 Å². The average molecular weight is 538 g/mol. The molecule has 2 saturated heterocycles. The van der Waals surface area contributed by atoms with Gasteiger partial charge in [0.2, 0.25) is 17.7 Å². The number of nitrogens with zero attached hydrogens (tertiary/aromatic N) is 2. The lowest BCUT2D eigenvalue weighted by Gasteiger charge is -2.29. The molecule has 1 N–H and O–H groups in total. The Bertz CT molecular complexity index is 940. The lowest BCUT2D eigenvalue weighted by molar-refractivity contribution is -0.205. The maximum absolute atomic E-state index is 12.7. The molecule has 0 aromatic rings. The Morgan fingerprint density at radius 2 is 1.55 bits per heavy atom. The number of hydroxylamine groups is 2. The van der Waals surface area contributed by atoms with Crippen LogP contribution in [0, 0.1) is 16.7 Å². The molecule has 2 heterocycles. The zero-order valence-electron chi connectivity index (χ0n) is 23.8. The number of hydrogen-bond acceptors (Lipinski definition) is 8. The first-order valence-corrected chi connectivity index (χ1v) is 13.3. The minimum absolute atomic E-state index is 0.0344. The highest BCUT2D eigenvalue weighted by Gasteiger charge is 2.45. The van der Waals surface area contributed by atoms with Crippen LogP contribution in [0.15, 0.2) is 0 Å². The first kappa shape index (κ1) is 31.4. The van der Waals surface area contributed by atoms with Gasteiger partial charge in [-0.15, -0.1) is 5.06 Å². The Hall–Kier alpha value is -2.82. The summed E-state index contributed by atoms with van der Waals surface area (Å²) in [4.78, 5) is 79.4. The van der Waals surface area contributed by atoms with Crippen LogP contribution < -0.4 is 5.32 Å². The summed E-state index contributed by atoms with van der Waals surface area (Å²) < 4.78 is 5.93. The molecular weight excluding hydrogens is 494 g/mol.